The Morgan fingerprint density at radius 2 is 1.68 bits per heavy atom. The lowest BCUT2D eigenvalue weighted by atomic mass is 10.1. The number of rotatable bonds is 6. The van der Waals surface area contributed by atoms with Crippen LogP contribution in [0.4, 0.5) is 0 Å². The highest BCUT2D eigenvalue weighted by Gasteiger charge is 2.11. The Morgan fingerprint density at radius 1 is 0.880 bits per heavy atom. The van der Waals surface area contributed by atoms with Crippen molar-refractivity contribution in [3.63, 3.8) is 0 Å². The van der Waals surface area contributed by atoms with Gasteiger partial charge in [0.2, 0.25) is 0 Å². The number of aliphatic hydroxyl groups excluding tert-OH is 1. The van der Waals surface area contributed by atoms with Crippen molar-refractivity contribution in [1.29, 1.82) is 0 Å². The minimum atomic E-state index is 0.0655. The van der Waals surface area contributed by atoms with Crippen LogP contribution in [0.3, 0.4) is 0 Å². The lowest BCUT2D eigenvalue weighted by Gasteiger charge is -2.16. The van der Waals surface area contributed by atoms with E-state index in [1.54, 1.807) is 0 Å². The zero-order chi connectivity index (χ0) is 17.6. The van der Waals surface area contributed by atoms with E-state index in [4.69, 9.17) is 4.74 Å². The summed E-state index contributed by atoms with van der Waals surface area (Å²) in [4.78, 5) is 0. The molecule has 25 heavy (non-hydrogen) atoms. The van der Waals surface area contributed by atoms with E-state index in [2.05, 4.69) is 55.5 Å². The zero-order valence-corrected chi connectivity index (χ0v) is 15.6. The van der Waals surface area contributed by atoms with Gasteiger partial charge in [-0.15, -0.1) is 0 Å². The van der Waals surface area contributed by atoms with Crippen molar-refractivity contribution in [3.8, 4) is 5.75 Å². The molecule has 0 heterocycles. The standard InChI is InChI=1S/C22H23O2P/c1-16-11-12-20(19(13-16)14-23)25-21-10-6-7-17(2)22(21)24-15-18-8-4-3-5-9-18/h3-13,23,25H,14-15H2,1-2H3. The molecular formula is C22H23O2P. The first-order valence-electron chi connectivity index (χ1n) is 8.41. The Morgan fingerprint density at radius 3 is 2.44 bits per heavy atom. The smallest absolute Gasteiger partial charge is 0.130 e. The van der Waals surface area contributed by atoms with Gasteiger partial charge in [-0.3, -0.25) is 0 Å². The highest BCUT2D eigenvalue weighted by Crippen LogP contribution is 2.25. The van der Waals surface area contributed by atoms with Crippen molar-refractivity contribution in [2.45, 2.75) is 27.1 Å². The van der Waals surface area contributed by atoms with Gasteiger partial charge in [-0.2, -0.15) is 0 Å². The van der Waals surface area contributed by atoms with Gasteiger partial charge < -0.3 is 9.84 Å². The first-order valence-corrected chi connectivity index (χ1v) is 9.41. The van der Waals surface area contributed by atoms with E-state index in [9.17, 15) is 5.11 Å². The van der Waals surface area contributed by atoms with E-state index in [0.29, 0.717) is 15.2 Å². The monoisotopic (exact) mass is 350 g/mol. The second kappa shape index (κ2) is 8.29. The summed E-state index contributed by atoms with van der Waals surface area (Å²) < 4.78 is 6.17. The van der Waals surface area contributed by atoms with Gasteiger partial charge in [-0.25, -0.2) is 0 Å². The summed E-state index contributed by atoms with van der Waals surface area (Å²) in [5.74, 6) is 0.953. The molecule has 1 N–H and O–H groups in total. The molecule has 0 saturated heterocycles. The van der Waals surface area contributed by atoms with Crippen LogP contribution in [0.5, 0.6) is 5.75 Å². The van der Waals surface area contributed by atoms with Crippen LogP contribution in [0, 0.1) is 13.8 Å². The fourth-order valence-corrected chi connectivity index (χ4v) is 4.12. The molecule has 3 heteroatoms. The number of hydrogen-bond acceptors (Lipinski definition) is 2. The average Bonchev–Trinajstić information content (AvgIpc) is 2.63. The molecule has 3 aromatic rings. The molecule has 0 bridgehead atoms. The second-order valence-electron chi connectivity index (χ2n) is 6.17. The fraction of sp³-hybridized carbons (Fsp3) is 0.182. The van der Waals surface area contributed by atoms with Crippen LogP contribution in [0.2, 0.25) is 0 Å². The minimum Gasteiger partial charge on any atom is -0.488 e. The van der Waals surface area contributed by atoms with Crippen LogP contribution in [0.25, 0.3) is 0 Å². The van der Waals surface area contributed by atoms with Gasteiger partial charge in [-0.1, -0.05) is 80.9 Å². The lowest BCUT2D eigenvalue weighted by molar-refractivity contribution is 0.283. The Labute approximate surface area is 151 Å². The molecule has 0 spiro atoms. The predicted molar refractivity (Wildman–Crippen MR) is 107 cm³/mol. The van der Waals surface area contributed by atoms with E-state index < -0.39 is 0 Å². The Kier molecular flexibility index (Phi) is 5.86. The van der Waals surface area contributed by atoms with Crippen LogP contribution < -0.4 is 15.3 Å². The summed E-state index contributed by atoms with van der Waals surface area (Å²) in [5.41, 5.74) is 4.46. The molecule has 0 aliphatic rings. The highest BCUT2D eigenvalue weighted by atomic mass is 31.1. The van der Waals surface area contributed by atoms with E-state index in [1.165, 1.54) is 16.2 Å². The number of aliphatic hydroxyl groups is 1. The van der Waals surface area contributed by atoms with E-state index in [0.717, 1.165) is 22.4 Å². The molecule has 1 atom stereocenters. The maximum Gasteiger partial charge on any atom is 0.130 e. The summed E-state index contributed by atoms with van der Waals surface area (Å²) in [6.45, 7) is 4.75. The van der Waals surface area contributed by atoms with Crippen LogP contribution in [-0.4, -0.2) is 5.11 Å². The Balaban J connectivity index is 1.86. The maximum atomic E-state index is 9.67. The third kappa shape index (κ3) is 4.48. The Bertz CT molecular complexity index is 844. The molecule has 0 aromatic heterocycles. The third-order valence-corrected chi connectivity index (χ3v) is 5.56. The average molecular weight is 350 g/mol. The molecule has 1 unspecified atom stereocenters. The van der Waals surface area contributed by atoms with E-state index in [1.807, 2.05) is 25.1 Å². The van der Waals surface area contributed by atoms with Gasteiger partial charge in [-0.05, 0) is 35.8 Å². The van der Waals surface area contributed by atoms with E-state index >= 15 is 0 Å². The molecule has 0 aliphatic carbocycles. The number of para-hydroxylation sites is 1. The van der Waals surface area contributed by atoms with E-state index in [-0.39, 0.29) is 6.61 Å². The van der Waals surface area contributed by atoms with Crippen molar-refractivity contribution < 1.29 is 9.84 Å². The van der Waals surface area contributed by atoms with Crippen LogP contribution >= 0.6 is 8.58 Å². The van der Waals surface area contributed by atoms with Crippen molar-refractivity contribution >= 4 is 19.2 Å². The molecule has 128 valence electrons. The predicted octanol–water partition coefficient (Wildman–Crippen LogP) is 4.00. The molecule has 0 amide bonds. The largest absolute Gasteiger partial charge is 0.488 e. The van der Waals surface area contributed by atoms with Gasteiger partial charge in [0, 0.05) is 5.30 Å². The summed E-state index contributed by atoms with van der Waals surface area (Å²) in [6, 6.07) is 22.8. The first-order chi connectivity index (χ1) is 12.2. The number of aryl methyl sites for hydroxylation is 2. The van der Waals surface area contributed by atoms with Gasteiger partial charge in [0.05, 0.1) is 6.61 Å². The summed E-state index contributed by atoms with van der Waals surface area (Å²) >= 11 is 0. The van der Waals surface area contributed by atoms with Gasteiger partial charge >= 0.3 is 0 Å². The van der Waals surface area contributed by atoms with Gasteiger partial charge in [0.15, 0.2) is 0 Å². The van der Waals surface area contributed by atoms with Gasteiger partial charge in [0.1, 0.15) is 12.4 Å². The maximum absolute atomic E-state index is 9.67. The lowest BCUT2D eigenvalue weighted by Crippen LogP contribution is -2.13. The summed E-state index contributed by atoms with van der Waals surface area (Å²) in [5, 5.41) is 12.0. The van der Waals surface area contributed by atoms with Crippen molar-refractivity contribution in [2.75, 3.05) is 0 Å². The SMILES string of the molecule is Cc1ccc(Pc2cccc(C)c2OCc2ccccc2)c(CO)c1. The second-order valence-corrected chi connectivity index (χ2v) is 7.50. The quantitative estimate of drug-likeness (QED) is 0.681. The summed E-state index contributed by atoms with van der Waals surface area (Å²) in [7, 11) is 0.456. The zero-order valence-electron chi connectivity index (χ0n) is 14.6. The number of ether oxygens (including phenoxy) is 1. The fourth-order valence-electron chi connectivity index (χ4n) is 2.79. The minimum absolute atomic E-state index is 0.0655. The van der Waals surface area contributed by atoms with Gasteiger partial charge in [0.25, 0.3) is 0 Å². The number of hydrogen-bond donors (Lipinski definition) is 1. The molecular weight excluding hydrogens is 327 g/mol. The molecule has 3 aromatic carbocycles. The van der Waals surface area contributed by atoms with Crippen molar-refractivity contribution in [3.05, 3.63) is 89.0 Å². The van der Waals surface area contributed by atoms with Crippen molar-refractivity contribution in [2.24, 2.45) is 0 Å². The number of benzene rings is 3. The molecule has 0 fully saturated rings. The normalized spacial score (nSPS) is 11.2. The van der Waals surface area contributed by atoms with Crippen LogP contribution in [0.1, 0.15) is 22.3 Å². The van der Waals surface area contributed by atoms with Crippen LogP contribution in [-0.2, 0) is 13.2 Å². The molecule has 3 rings (SSSR count). The first kappa shape index (κ1) is 17.7. The molecule has 0 saturated carbocycles. The highest BCUT2D eigenvalue weighted by molar-refractivity contribution is 7.55. The van der Waals surface area contributed by atoms with Crippen molar-refractivity contribution in [1.82, 2.24) is 0 Å². The Hall–Kier alpha value is -2.15. The molecule has 0 aliphatic heterocycles. The molecule has 2 nitrogen and oxygen atoms in total. The summed E-state index contributed by atoms with van der Waals surface area (Å²) in [6.07, 6.45) is 0. The van der Waals surface area contributed by atoms with Crippen LogP contribution in [0.15, 0.2) is 66.7 Å². The molecule has 0 radical (unpaired) electrons. The third-order valence-electron chi connectivity index (χ3n) is 4.14. The topological polar surface area (TPSA) is 29.5 Å².